The van der Waals surface area contributed by atoms with Crippen molar-refractivity contribution in [3.8, 4) is 0 Å². The molecular weight excluding hydrogens is 337 g/mol. The maximum atomic E-state index is 13.7. The first-order valence-electron chi connectivity index (χ1n) is 8.20. The molecule has 0 saturated heterocycles. The highest BCUT2D eigenvalue weighted by molar-refractivity contribution is 7.22. The summed E-state index contributed by atoms with van der Waals surface area (Å²) in [4.78, 5) is 18.1. The smallest absolute Gasteiger partial charge is 0.239 e. The number of nitrogens with zero attached hydrogens (tertiary/aromatic N) is 2. The highest BCUT2D eigenvalue weighted by Gasteiger charge is 2.13. The highest BCUT2D eigenvalue weighted by Crippen LogP contribution is 2.29. The lowest BCUT2D eigenvalue weighted by Crippen LogP contribution is -2.35. The van der Waals surface area contributed by atoms with E-state index in [9.17, 15) is 9.18 Å². The molecule has 25 heavy (non-hydrogen) atoms. The lowest BCUT2D eigenvalue weighted by atomic mass is 10.1. The number of rotatable bonds is 7. The van der Waals surface area contributed by atoms with E-state index in [4.69, 9.17) is 0 Å². The number of thiazole rings is 1. The summed E-state index contributed by atoms with van der Waals surface area (Å²) in [6, 6.07) is 15.1. The number of benzene rings is 2. The molecule has 3 rings (SSSR count). The predicted molar refractivity (Wildman–Crippen MR) is 101 cm³/mol. The minimum Gasteiger partial charge on any atom is -0.355 e. The molecule has 1 N–H and O–H groups in total. The quantitative estimate of drug-likeness (QED) is 0.657. The molecule has 2 aromatic carbocycles. The van der Waals surface area contributed by atoms with Crippen LogP contribution >= 0.6 is 11.3 Å². The molecule has 0 unspecified atom stereocenters. The topological polar surface area (TPSA) is 45.2 Å². The second-order valence-corrected chi connectivity index (χ2v) is 6.89. The van der Waals surface area contributed by atoms with E-state index in [1.807, 2.05) is 24.3 Å². The summed E-state index contributed by atoms with van der Waals surface area (Å²) in [6.45, 7) is 0.836. The van der Waals surface area contributed by atoms with Gasteiger partial charge in [-0.2, -0.15) is 0 Å². The third-order valence-corrected chi connectivity index (χ3v) is 5.01. The molecule has 0 atom stereocenters. The van der Waals surface area contributed by atoms with Crippen LogP contribution < -0.4 is 10.2 Å². The normalized spacial score (nSPS) is 10.8. The number of halogens is 1. The average Bonchev–Trinajstić information content (AvgIpc) is 3.06. The van der Waals surface area contributed by atoms with Gasteiger partial charge in [0.1, 0.15) is 11.3 Å². The number of anilines is 1. The van der Waals surface area contributed by atoms with Gasteiger partial charge in [0.2, 0.25) is 5.91 Å². The molecule has 4 nitrogen and oxygen atoms in total. The van der Waals surface area contributed by atoms with Gasteiger partial charge < -0.3 is 10.2 Å². The van der Waals surface area contributed by atoms with Crippen LogP contribution in [0.2, 0.25) is 0 Å². The van der Waals surface area contributed by atoms with Gasteiger partial charge in [-0.25, -0.2) is 9.37 Å². The van der Waals surface area contributed by atoms with E-state index in [-0.39, 0.29) is 18.3 Å². The van der Waals surface area contributed by atoms with Crippen molar-refractivity contribution in [1.82, 2.24) is 10.3 Å². The number of aryl methyl sites for hydroxylation is 1. The van der Waals surface area contributed by atoms with E-state index in [1.54, 1.807) is 18.0 Å². The van der Waals surface area contributed by atoms with E-state index < -0.39 is 0 Å². The lowest BCUT2D eigenvalue weighted by molar-refractivity contribution is -0.119. The number of carbonyl (C=O) groups is 1. The van der Waals surface area contributed by atoms with Crippen molar-refractivity contribution >= 4 is 32.6 Å². The van der Waals surface area contributed by atoms with Crippen molar-refractivity contribution < 1.29 is 9.18 Å². The summed E-state index contributed by atoms with van der Waals surface area (Å²) >= 11 is 1.38. The number of fused-ring (bicyclic) bond motifs is 1. The SMILES string of the molecule is CN(CC(=O)NCCCc1ccccc1)c1nc2c(F)cccc2s1. The number of para-hydroxylation sites is 1. The van der Waals surface area contributed by atoms with Crippen molar-refractivity contribution in [2.45, 2.75) is 12.8 Å². The zero-order valence-electron chi connectivity index (χ0n) is 14.0. The maximum Gasteiger partial charge on any atom is 0.239 e. The second kappa shape index (κ2) is 8.07. The Labute approximate surface area is 150 Å². The predicted octanol–water partition coefficient (Wildman–Crippen LogP) is 3.62. The van der Waals surface area contributed by atoms with E-state index in [0.717, 1.165) is 17.5 Å². The maximum absolute atomic E-state index is 13.7. The number of likely N-dealkylation sites (N-methyl/N-ethyl adjacent to an activating group) is 1. The van der Waals surface area contributed by atoms with Crippen LogP contribution in [0.5, 0.6) is 0 Å². The Hall–Kier alpha value is -2.47. The largest absolute Gasteiger partial charge is 0.355 e. The third-order valence-electron chi connectivity index (χ3n) is 3.87. The first-order chi connectivity index (χ1) is 12.1. The van der Waals surface area contributed by atoms with E-state index in [0.29, 0.717) is 17.2 Å². The fourth-order valence-electron chi connectivity index (χ4n) is 2.57. The molecule has 0 spiro atoms. The standard InChI is InChI=1S/C19H20FN3OS/c1-23(19-22-18-15(20)10-5-11-16(18)25-19)13-17(24)21-12-6-9-14-7-3-2-4-8-14/h2-5,7-8,10-11H,6,9,12-13H2,1H3,(H,21,24). The first-order valence-corrected chi connectivity index (χ1v) is 9.02. The Balaban J connectivity index is 1.47. The summed E-state index contributed by atoms with van der Waals surface area (Å²) < 4.78 is 14.5. The molecule has 1 aromatic heterocycles. The molecule has 0 radical (unpaired) electrons. The minimum atomic E-state index is -0.334. The molecule has 1 amide bonds. The number of aromatic nitrogens is 1. The van der Waals surface area contributed by atoms with Gasteiger partial charge in [0, 0.05) is 13.6 Å². The third kappa shape index (κ3) is 4.54. The Morgan fingerprint density at radius 1 is 1.20 bits per heavy atom. The van der Waals surface area contributed by atoms with Crippen molar-refractivity contribution in [1.29, 1.82) is 0 Å². The van der Waals surface area contributed by atoms with Crippen molar-refractivity contribution in [2.24, 2.45) is 0 Å². The van der Waals surface area contributed by atoms with Crippen molar-refractivity contribution in [2.75, 3.05) is 25.0 Å². The Kier molecular flexibility index (Phi) is 5.60. The molecule has 0 aliphatic rings. The summed E-state index contributed by atoms with van der Waals surface area (Å²) in [5.74, 6) is -0.394. The van der Waals surface area contributed by atoms with Crippen LogP contribution in [0.25, 0.3) is 10.2 Å². The molecule has 0 bridgehead atoms. The number of hydrogen-bond acceptors (Lipinski definition) is 4. The van der Waals surface area contributed by atoms with Gasteiger partial charge in [0.05, 0.1) is 11.2 Å². The molecule has 0 saturated carbocycles. The molecule has 1 heterocycles. The van der Waals surface area contributed by atoms with Crippen LogP contribution in [-0.2, 0) is 11.2 Å². The lowest BCUT2D eigenvalue weighted by Gasteiger charge is -2.15. The second-order valence-electron chi connectivity index (χ2n) is 5.88. The zero-order valence-corrected chi connectivity index (χ0v) is 14.9. The fraction of sp³-hybridized carbons (Fsp3) is 0.263. The number of amides is 1. The first kappa shape index (κ1) is 17.4. The van der Waals surface area contributed by atoms with Crippen LogP contribution in [-0.4, -0.2) is 31.0 Å². The molecule has 0 aliphatic carbocycles. The van der Waals surface area contributed by atoms with Gasteiger partial charge in [-0.15, -0.1) is 0 Å². The monoisotopic (exact) mass is 357 g/mol. The number of nitrogens with one attached hydrogen (secondary N) is 1. The molecule has 6 heteroatoms. The minimum absolute atomic E-state index is 0.0599. The van der Waals surface area contributed by atoms with Crippen LogP contribution in [0, 0.1) is 5.82 Å². The van der Waals surface area contributed by atoms with Crippen LogP contribution in [0.3, 0.4) is 0 Å². The summed E-state index contributed by atoms with van der Waals surface area (Å²) in [6.07, 6.45) is 1.83. The van der Waals surface area contributed by atoms with Gasteiger partial charge in [-0.05, 0) is 30.5 Å². The van der Waals surface area contributed by atoms with Crippen LogP contribution in [0.15, 0.2) is 48.5 Å². The summed E-state index contributed by atoms with van der Waals surface area (Å²) in [5, 5.41) is 3.56. The molecule has 0 aliphatic heterocycles. The fourth-order valence-corrected chi connectivity index (χ4v) is 3.51. The van der Waals surface area contributed by atoms with Gasteiger partial charge in [-0.3, -0.25) is 4.79 Å². The highest BCUT2D eigenvalue weighted by atomic mass is 32.1. The summed E-state index contributed by atoms with van der Waals surface area (Å²) in [5.41, 5.74) is 1.63. The molecule has 0 fully saturated rings. The van der Waals surface area contributed by atoms with Crippen LogP contribution in [0.4, 0.5) is 9.52 Å². The molecular formula is C19H20FN3OS. The average molecular weight is 357 g/mol. The van der Waals surface area contributed by atoms with Crippen LogP contribution in [0.1, 0.15) is 12.0 Å². The van der Waals surface area contributed by atoms with E-state index >= 15 is 0 Å². The zero-order chi connectivity index (χ0) is 17.6. The Bertz CT molecular complexity index is 850. The van der Waals surface area contributed by atoms with Gasteiger partial charge in [0.15, 0.2) is 5.13 Å². The molecule has 130 valence electrons. The van der Waals surface area contributed by atoms with Crippen molar-refractivity contribution in [3.63, 3.8) is 0 Å². The van der Waals surface area contributed by atoms with Crippen molar-refractivity contribution in [3.05, 3.63) is 59.9 Å². The number of carbonyl (C=O) groups excluding carboxylic acids is 1. The Morgan fingerprint density at radius 3 is 2.76 bits per heavy atom. The van der Waals surface area contributed by atoms with Gasteiger partial charge >= 0.3 is 0 Å². The van der Waals surface area contributed by atoms with Gasteiger partial charge in [0.25, 0.3) is 0 Å². The number of hydrogen-bond donors (Lipinski definition) is 1. The summed E-state index contributed by atoms with van der Waals surface area (Å²) in [7, 11) is 1.79. The van der Waals surface area contributed by atoms with Gasteiger partial charge in [-0.1, -0.05) is 47.7 Å². The Morgan fingerprint density at radius 2 is 2.00 bits per heavy atom. The molecule has 3 aromatic rings. The van der Waals surface area contributed by atoms with E-state index in [2.05, 4.69) is 22.4 Å². The van der Waals surface area contributed by atoms with E-state index in [1.165, 1.54) is 23.0 Å².